The van der Waals surface area contributed by atoms with Crippen molar-refractivity contribution >= 4 is 23.5 Å². The lowest BCUT2D eigenvalue weighted by molar-refractivity contribution is -0.136. The molecule has 148 valence electrons. The van der Waals surface area contributed by atoms with E-state index >= 15 is 0 Å². The molecule has 0 radical (unpaired) electrons. The summed E-state index contributed by atoms with van der Waals surface area (Å²) in [6.07, 6.45) is 0. The van der Waals surface area contributed by atoms with Gasteiger partial charge in [-0.05, 0) is 17.7 Å². The smallest absolute Gasteiger partial charge is 0.338 e. The Hall–Kier alpha value is -3.38. The van der Waals surface area contributed by atoms with Crippen LogP contribution in [-0.4, -0.2) is 38.6 Å². The number of amides is 1. The summed E-state index contributed by atoms with van der Waals surface area (Å²) < 4.78 is 20.8. The highest BCUT2D eigenvalue weighted by Gasteiger charge is 2.37. The molecular weight excluding hydrogens is 390 g/mol. The molecule has 0 aromatic heterocycles. The van der Waals surface area contributed by atoms with Gasteiger partial charge in [0.1, 0.15) is 17.4 Å². The fraction of sp³-hybridized carbons (Fsp3) is 0.278. The van der Waals surface area contributed by atoms with Gasteiger partial charge in [-0.1, -0.05) is 6.07 Å². The van der Waals surface area contributed by atoms with Gasteiger partial charge in [0.2, 0.25) is 5.88 Å². The van der Waals surface area contributed by atoms with E-state index in [2.05, 4.69) is 0 Å². The molecule has 4 N–H and O–H groups in total. The van der Waals surface area contributed by atoms with E-state index in [0.29, 0.717) is 5.56 Å². The summed E-state index contributed by atoms with van der Waals surface area (Å²) in [5.41, 5.74) is 11.5. The number of methoxy groups -OCH3 is 2. The molecule has 9 nitrogen and oxygen atoms in total. The Morgan fingerprint density at radius 1 is 1.32 bits per heavy atom. The first-order valence-electron chi connectivity index (χ1n) is 7.91. The second-order valence-corrected chi connectivity index (χ2v) is 5.82. The largest absolute Gasteiger partial charge is 0.493 e. The normalized spacial score (nSPS) is 16.1. The Balaban J connectivity index is 2.61. The molecule has 0 aliphatic carbocycles. The molecule has 0 bridgehead atoms. The van der Waals surface area contributed by atoms with Gasteiger partial charge >= 0.3 is 5.97 Å². The molecular formula is C18H18ClN3O6. The molecule has 1 aliphatic heterocycles. The monoisotopic (exact) mass is 407 g/mol. The number of esters is 1. The van der Waals surface area contributed by atoms with Crippen molar-refractivity contribution in [3.8, 4) is 17.6 Å². The molecule has 0 saturated heterocycles. The van der Waals surface area contributed by atoms with Crippen molar-refractivity contribution in [3.05, 3.63) is 46.6 Å². The van der Waals surface area contributed by atoms with Crippen LogP contribution in [-0.2, 0) is 19.1 Å². The maximum absolute atomic E-state index is 12.4. The van der Waals surface area contributed by atoms with E-state index in [1.54, 1.807) is 12.1 Å². The van der Waals surface area contributed by atoms with E-state index in [1.807, 2.05) is 6.07 Å². The van der Waals surface area contributed by atoms with Crippen LogP contribution in [0, 0.1) is 11.3 Å². The topological polar surface area (TPSA) is 147 Å². The quantitative estimate of drug-likeness (QED) is 0.503. The standard InChI is InChI=1S/C18H18ClN3O6/c1-25-12-5-9(3-4-11(12)27-8-14(21)23)15-10(7-20)17(22)28-13(6-19)16(15)18(24)26-2/h3-5,15H,6,8,22H2,1-2H3,(H2,21,23)/t15-/m0/s1. The van der Waals surface area contributed by atoms with E-state index in [9.17, 15) is 14.9 Å². The van der Waals surface area contributed by atoms with Crippen LogP contribution in [0.4, 0.5) is 0 Å². The highest BCUT2D eigenvalue weighted by Crippen LogP contribution is 2.42. The first-order chi connectivity index (χ1) is 13.4. The Bertz CT molecular complexity index is 903. The number of allylic oxidation sites excluding steroid dienone is 2. The summed E-state index contributed by atoms with van der Waals surface area (Å²) >= 11 is 5.90. The van der Waals surface area contributed by atoms with Gasteiger partial charge in [0, 0.05) is 0 Å². The average molecular weight is 408 g/mol. The number of carbonyl (C=O) groups is 2. The maximum Gasteiger partial charge on any atom is 0.338 e. The average Bonchev–Trinajstić information content (AvgIpc) is 2.70. The molecule has 0 spiro atoms. The predicted molar refractivity (Wildman–Crippen MR) is 98.1 cm³/mol. The number of nitrogens with zero attached hydrogens (tertiary/aromatic N) is 1. The second kappa shape index (κ2) is 9.01. The van der Waals surface area contributed by atoms with Crippen LogP contribution in [0.25, 0.3) is 0 Å². The van der Waals surface area contributed by atoms with Gasteiger partial charge in [0.25, 0.3) is 5.91 Å². The molecule has 1 aliphatic rings. The van der Waals surface area contributed by atoms with Crippen LogP contribution in [0.15, 0.2) is 41.0 Å². The van der Waals surface area contributed by atoms with Crippen LogP contribution in [0.2, 0.25) is 0 Å². The van der Waals surface area contributed by atoms with Gasteiger partial charge in [-0.2, -0.15) is 5.26 Å². The van der Waals surface area contributed by atoms with E-state index in [0.717, 1.165) is 0 Å². The first-order valence-corrected chi connectivity index (χ1v) is 8.45. The van der Waals surface area contributed by atoms with Crippen molar-refractivity contribution in [1.29, 1.82) is 5.26 Å². The zero-order valence-electron chi connectivity index (χ0n) is 15.2. The first kappa shape index (κ1) is 20.9. The fourth-order valence-electron chi connectivity index (χ4n) is 2.72. The third kappa shape index (κ3) is 4.13. The number of ether oxygens (including phenoxy) is 4. The number of primary amides is 1. The van der Waals surface area contributed by atoms with Crippen LogP contribution in [0.3, 0.4) is 0 Å². The van der Waals surface area contributed by atoms with E-state index in [4.69, 9.17) is 42.0 Å². The number of nitrogens with two attached hydrogens (primary N) is 2. The van der Waals surface area contributed by atoms with Crippen molar-refractivity contribution in [2.45, 2.75) is 5.92 Å². The molecule has 10 heteroatoms. The van der Waals surface area contributed by atoms with Crippen LogP contribution >= 0.6 is 11.6 Å². The molecule has 1 amide bonds. The Morgan fingerprint density at radius 2 is 2.04 bits per heavy atom. The minimum absolute atomic E-state index is 0.0159. The second-order valence-electron chi connectivity index (χ2n) is 5.55. The van der Waals surface area contributed by atoms with E-state index < -0.39 is 17.8 Å². The number of nitriles is 1. The number of hydrogen-bond donors (Lipinski definition) is 2. The van der Waals surface area contributed by atoms with Gasteiger partial charge in [0.05, 0.1) is 31.6 Å². The van der Waals surface area contributed by atoms with Crippen LogP contribution < -0.4 is 20.9 Å². The Labute approximate surface area is 166 Å². The number of hydrogen-bond acceptors (Lipinski definition) is 8. The molecule has 28 heavy (non-hydrogen) atoms. The summed E-state index contributed by atoms with van der Waals surface area (Å²) in [4.78, 5) is 23.3. The predicted octanol–water partition coefficient (Wildman–Crippen LogP) is 1.03. The summed E-state index contributed by atoms with van der Waals surface area (Å²) in [6.45, 7) is -0.340. The lowest BCUT2D eigenvalue weighted by atomic mass is 9.83. The SMILES string of the molecule is COC(=O)C1=C(CCl)OC(N)=C(C#N)[C@@H]1c1ccc(OCC(N)=O)c(OC)c1. The molecule has 1 atom stereocenters. The third-order valence-electron chi connectivity index (χ3n) is 3.91. The highest BCUT2D eigenvalue weighted by molar-refractivity contribution is 6.19. The summed E-state index contributed by atoms with van der Waals surface area (Å²) in [6, 6.07) is 6.62. The Kier molecular flexibility index (Phi) is 6.74. The van der Waals surface area contributed by atoms with Crippen molar-refractivity contribution in [2.24, 2.45) is 11.5 Å². The highest BCUT2D eigenvalue weighted by atomic mass is 35.5. The van der Waals surface area contributed by atoms with Crippen molar-refractivity contribution in [1.82, 2.24) is 0 Å². The molecule has 0 saturated carbocycles. The number of halogens is 1. The minimum atomic E-state index is -0.890. The number of alkyl halides is 1. The zero-order chi connectivity index (χ0) is 20.8. The number of carbonyl (C=O) groups excluding carboxylic acids is 2. The van der Waals surface area contributed by atoms with E-state index in [1.165, 1.54) is 20.3 Å². The number of benzene rings is 1. The fourth-order valence-corrected chi connectivity index (χ4v) is 2.91. The van der Waals surface area contributed by atoms with Crippen molar-refractivity contribution in [2.75, 3.05) is 26.7 Å². The number of rotatable bonds is 7. The van der Waals surface area contributed by atoms with Gasteiger partial charge in [0.15, 0.2) is 18.1 Å². The lowest BCUT2D eigenvalue weighted by Crippen LogP contribution is -2.26. The molecule has 1 aromatic carbocycles. The Morgan fingerprint density at radius 3 is 2.57 bits per heavy atom. The van der Waals surface area contributed by atoms with Crippen molar-refractivity contribution in [3.63, 3.8) is 0 Å². The van der Waals surface area contributed by atoms with Crippen LogP contribution in [0.5, 0.6) is 11.5 Å². The van der Waals surface area contributed by atoms with Crippen molar-refractivity contribution < 1.29 is 28.5 Å². The third-order valence-corrected chi connectivity index (χ3v) is 4.16. The van der Waals surface area contributed by atoms with Crippen LogP contribution in [0.1, 0.15) is 11.5 Å². The van der Waals surface area contributed by atoms with Gasteiger partial charge in [-0.25, -0.2) is 4.79 Å². The maximum atomic E-state index is 12.4. The van der Waals surface area contributed by atoms with Gasteiger partial charge in [-0.15, -0.1) is 11.6 Å². The molecule has 1 aromatic rings. The minimum Gasteiger partial charge on any atom is -0.493 e. The van der Waals surface area contributed by atoms with Gasteiger partial charge in [-0.3, -0.25) is 4.79 Å². The molecule has 2 rings (SSSR count). The molecule has 1 heterocycles. The zero-order valence-corrected chi connectivity index (χ0v) is 15.9. The lowest BCUT2D eigenvalue weighted by Gasteiger charge is -2.27. The summed E-state index contributed by atoms with van der Waals surface area (Å²) in [7, 11) is 2.60. The summed E-state index contributed by atoms with van der Waals surface area (Å²) in [5, 5.41) is 9.57. The van der Waals surface area contributed by atoms with E-state index in [-0.39, 0.29) is 46.8 Å². The van der Waals surface area contributed by atoms with Gasteiger partial charge < -0.3 is 30.4 Å². The summed E-state index contributed by atoms with van der Waals surface area (Å²) in [5.74, 6) is -1.97. The molecule has 0 fully saturated rings. The molecule has 0 unspecified atom stereocenters.